The standard InChI is InChI=1S/C21H31F3N4O2.HI/c1-15-7-8-17(18(12-15)30-14-21(22,23)24)13-27-20(25-3)26-10-9-19(29)28-11-5-4-6-16(28)2;/h7-8,12,16H,4-6,9-11,13-14H2,1-3H3,(H2,25,26,27);1H. The summed E-state index contributed by atoms with van der Waals surface area (Å²) >= 11 is 0. The zero-order valence-electron chi connectivity index (χ0n) is 18.2. The first-order valence-electron chi connectivity index (χ1n) is 10.2. The van der Waals surface area contributed by atoms with Crippen molar-refractivity contribution in [2.45, 2.75) is 58.3 Å². The van der Waals surface area contributed by atoms with Gasteiger partial charge in [0.15, 0.2) is 12.6 Å². The summed E-state index contributed by atoms with van der Waals surface area (Å²) in [6.07, 6.45) is -0.799. The van der Waals surface area contributed by atoms with Gasteiger partial charge in [0.25, 0.3) is 0 Å². The average molecular weight is 556 g/mol. The third-order valence-electron chi connectivity index (χ3n) is 5.04. The van der Waals surface area contributed by atoms with Crippen LogP contribution in [0, 0.1) is 6.92 Å². The van der Waals surface area contributed by atoms with Crippen LogP contribution in [0.25, 0.3) is 0 Å². The highest BCUT2D eigenvalue weighted by Crippen LogP contribution is 2.23. The highest BCUT2D eigenvalue weighted by atomic mass is 127. The van der Waals surface area contributed by atoms with Crippen molar-refractivity contribution in [2.24, 2.45) is 4.99 Å². The van der Waals surface area contributed by atoms with Gasteiger partial charge < -0.3 is 20.3 Å². The number of hydrogen-bond donors (Lipinski definition) is 2. The van der Waals surface area contributed by atoms with E-state index in [2.05, 4.69) is 22.5 Å². The fourth-order valence-electron chi connectivity index (χ4n) is 3.40. The molecular weight excluding hydrogens is 524 g/mol. The molecule has 1 fully saturated rings. The lowest BCUT2D eigenvalue weighted by molar-refractivity contribution is -0.153. The number of aryl methyl sites for hydroxylation is 1. The Hall–Kier alpha value is -1.72. The van der Waals surface area contributed by atoms with E-state index in [4.69, 9.17) is 4.74 Å². The van der Waals surface area contributed by atoms with Crippen LogP contribution < -0.4 is 15.4 Å². The van der Waals surface area contributed by atoms with Gasteiger partial charge in [-0.25, -0.2) is 0 Å². The van der Waals surface area contributed by atoms with Crippen LogP contribution >= 0.6 is 24.0 Å². The molecule has 1 heterocycles. The van der Waals surface area contributed by atoms with E-state index in [1.807, 2.05) is 11.0 Å². The van der Waals surface area contributed by atoms with Gasteiger partial charge in [-0.05, 0) is 44.7 Å². The summed E-state index contributed by atoms with van der Waals surface area (Å²) in [6, 6.07) is 5.40. The van der Waals surface area contributed by atoms with Gasteiger partial charge in [-0.3, -0.25) is 9.79 Å². The smallest absolute Gasteiger partial charge is 0.422 e. The summed E-state index contributed by atoms with van der Waals surface area (Å²) in [6.45, 7) is 4.00. The SMILES string of the molecule is CN=C(NCCC(=O)N1CCCCC1C)NCc1ccc(C)cc1OCC(F)(F)F.I. The number of aliphatic imine (C=N–C) groups is 1. The number of likely N-dealkylation sites (tertiary alicyclic amines) is 1. The number of nitrogens with zero attached hydrogens (tertiary/aromatic N) is 2. The number of nitrogens with one attached hydrogen (secondary N) is 2. The lowest BCUT2D eigenvalue weighted by atomic mass is 10.0. The molecule has 0 bridgehead atoms. The van der Waals surface area contributed by atoms with Crippen molar-refractivity contribution in [3.8, 4) is 5.75 Å². The van der Waals surface area contributed by atoms with Gasteiger partial charge in [-0.1, -0.05) is 12.1 Å². The molecule has 1 aliphatic heterocycles. The summed E-state index contributed by atoms with van der Waals surface area (Å²) in [5, 5.41) is 6.14. The van der Waals surface area contributed by atoms with Crippen molar-refractivity contribution < 1.29 is 22.7 Å². The van der Waals surface area contributed by atoms with E-state index in [9.17, 15) is 18.0 Å². The quantitative estimate of drug-likeness (QED) is 0.303. The number of alkyl halides is 3. The first kappa shape index (κ1) is 27.3. The maximum Gasteiger partial charge on any atom is 0.422 e. The van der Waals surface area contributed by atoms with Crippen molar-refractivity contribution in [3.05, 3.63) is 29.3 Å². The number of amides is 1. The number of benzene rings is 1. The number of rotatable bonds is 7. The number of guanidine groups is 1. The van der Waals surface area contributed by atoms with Gasteiger partial charge in [-0.15, -0.1) is 24.0 Å². The molecule has 0 aromatic heterocycles. The molecule has 176 valence electrons. The molecule has 0 saturated carbocycles. The van der Waals surface area contributed by atoms with E-state index in [1.54, 1.807) is 26.1 Å². The number of piperidine rings is 1. The van der Waals surface area contributed by atoms with Gasteiger partial charge >= 0.3 is 6.18 Å². The van der Waals surface area contributed by atoms with Gasteiger partial charge in [-0.2, -0.15) is 13.2 Å². The zero-order chi connectivity index (χ0) is 22.1. The Bertz CT molecular complexity index is 744. The van der Waals surface area contributed by atoms with Gasteiger partial charge in [0.2, 0.25) is 5.91 Å². The lowest BCUT2D eigenvalue weighted by Crippen LogP contribution is -2.44. The molecule has 0 aliphatic carbocycles. The second-order valence-corrected chi connectivity index (χ2v) is 7.55. The maximum absolute atomic E-state index is 12.5. The molecule has 1 unspecified atom stereocenters. The summed E-state index contributed by atoms with van der Waals surface area (Å²) in [5.74, 6) is 0.771. The second kappa shape index (κ2) is 13.0. The van der Waals surface area contributed by atoms with Crippen molar-refractivity contribution >= 4 is 35.8 Å². The largest absolute Gasteiger partial charge is 0.484 e. The van der Waals surface area contributed by atoms with Crippen LogP contribution in [0.4, 0.5) is 13.2 Å². The third kappa shape index (κ3) is 9.53. The average Bonchev–Trinajstić information content (AvgIpc) is 2.69. The predicted molar refractivity (Wildman–Crippen MR) is 126 cm³/mol. The predicted octanol–water partition coefficient (Wildman–Crippen LogP) is 4.01. The maximum atomic E-state index is 12.5. The molecular formula is C21H32F3IN4O2. The number of ether oxygens (including phenoxy) is 1. The topological polar surface area (TPSA) is 66.0 Å². The number of carbonyl (C=O) groups is 1. The van der Waals surface area contributed by atoms with Gasteiger partial charge in [0.1, 0.15) is 5.75 Å². The van der Waals surface area contributed by atoms with Crippen LogP contribution in [0.15, 0.2) is 23.2 Å². The van der Waals surface area contributed by atoms with E-state index in [0.717, 1.165) is 31.4 Å². The van der Waals surface area contributed by atoms with Crippen molar-refractivity contribution in [1.29, 1.82) is 0 Å². The Morgan fingerprint density at radius 3 is 2.68 bits per heavy atom. The monoisotopic (exact) mass is 556 g/mol. The second-order valence-electron chi connectivity index (χ2n) is 7.55. The summed E-state index contributed by atoms with van der Waals surface area (Å²) in [7, 11) is 1.60. The van der Waals surface area contributed by atoms with Crippen molar-refractivity contribution in [3.63, 3.8) is 0 Å². The third-order valence-corrected chi connectivity index (χ3v) is 5.04. The molecule has 1 amide bonds. The van der Waals surface area contributed by atoms with Crippen molar-refractivity contribution in [2.75, 3.05) is 26.7 Å². The Kier molecular flexibility index (Phi) is 11.4. The lowest BCUT2D eigenvalue weighted by Gasteiger charge is -2.33. The van der Waals surface area contributed by atoms with Crippen LogP contribution in [0.2, 0.25) is 0 Å². The van der Waals surface area contributed by atoms with E-state index < -0.39 is 12.8 Å². The van der Waals surface area contributed by atoms with Gasteiger partial charge in [0.05, 0.1) is 0 Å². The van der Waals surface area contributed by atoms with Crippen molar-refractivity contribution in [1.82, 2.24) is 15.5 Å². The number of hydrogen-bond acceptors (Lipinski definition) is 3. The van der Waals surface area contributed by atoms with E-state index >= 15 is 0 Å². The molecule has 10 heteroatoms. The molecule has 6 nitrogen and oxygen atoms in total. The summed E-state index contributed by atoms with van der Waals surface area (Å²) in [5.41, 5.74) is 1.40. The first-order valence-corrected chi connectivity index (χ1v) is 10.2. The Labute approximate surface area is 199 Å². The molecule has 0 radical (unpaired) electrons. The number of carbonyl (C=O) groups excluding carboxylic acids is 1. The molecule has 1 saturated heterocycles. The molecule has 1 aromatic rings. The summed E-state index contributed by atoms with van der Waals surface area (Å²) < 4.78 is 42.5. The van der Waals surface area contributed by atoms with E-state index in [1.165, 1.54) is 0 Å². The van der Waals surface area contributed by atoms with E-state index in [0.29, 0.717) is 24.5 Å². The molecule has 1 aliphatic rings. The zero-order valence-corrected chi connectivity index (χ0v) is 20.5. The van der Waals surface area contributed by atoms with Crippen LogP contribution in [0.5, 0.6) is 5.75 Å². The minimum Gasteiger partial charge on any atom is -0.484 e. The molecule has 1 atom stereocenters. The minimum atomic E-state index is -4.40. The van der Waals surface area contributed by atoms with Gasteiger partial charge in [0, 0.05) is 44.7 Å². The molecule has 1 aromatic carbocycles. The highest BCUT2D eigenvalue weighted by molar-refractivity contribution is 14.0. The van der Waals surface area contributed by atoms with Crippen LogP contribution in [-0.2, 0) is 11.3 Å². The summed E-state index contributed by atoms with van der Waals surface area (Å²) in [4.78, 5) is 18.4. The fourth-order valence-corrected chi connectivity index (χ4v) is 3.40. The molecule has 2 N–H and O–H groups in total. The van der Waals surface area contributed by atoms with Crippen LogP contribution in [-0.4, -0.2) is 55.7 Å². The van der Waals surface area contributed by atoms with Crippen LogP contribution in [0.3, 0.4) is 0 Å². The Morgan fingerprint density at radius 2 is 2.03 bits per heavy atom. The minimum absolute atomic E-state index is 0. The normalized spacial score (nSPS) is 17.0. The molecule has 31 heavy (non-hydrogen) atoms. The Morgan fingerprint density at radius 1 is 1.29 bits per heavy atom. The molecule has 0 spiro atoms. The Balaban J connectivity index is 0.00000480. The van der Waals surface area contributed by atoms with E-state index in [-0.39, 0.29) is 48.2 Å². The first-order chi connectivity index (χ1) is 14.2. The van der Waals surface area contributed by atoms with Crippen LogP contribution in [0.1, 0.15) is 43.7 Å². The fraction of sp³-hybridized carbons (Fsp3) is 0.619. The molecule has 2 rings (SSSR count). The highest BCUT2D eigenvalue weighted by Gasteiger charge is 2.29. The number of halogens is 4.